The Bertz CT molecular complexity index is 897. The monoisotopic (exact) mass is 396 g/mol. The molecule has 1 amide bonds. The minimum Gasteiger partial charge on any atom is -0.325 e. The first kappa shape index (κ1) is 20.4. The number of nitrogens with one attached hydrogen (secondary N) is 1. The number of carbonyl (C=O) groups is 1. The lowest BCUT2D eigenvalue weighted by atomic mass is 10.2. The van der Waals surface area contributed by atoms with Gasteiger partial charge in [-0.3, -0.25) is 4.79 Å². The molecule has 0 radical (unpaired) electrons. The molecule has 0 bridgehead atoms. The smallest absolute Gasteiger partial charge is 0.242 e. The summed E-state index contributed by atoms with van der Waals surface area (Å²) in [5.41, 5.74) is 1.21. The van der Waals surface area contributed by atoms with Crippen molar-refractivity contribution in [2.45, 2.75) is 28.9 Å². The molecule has 8 heteroatoms. The lowest BCUT2D eigenvalue weighted by Gasteiger charge is -2.16. The molecule has 0 aliphatic rings. The molecule has 0 aliphatic heterocycles. The molecule has 5 nitrogen and oxygen atoms in total. The average molecular weight is 397 g/mol. The topological polar surface area (TPSA) is 66.5 Å². The molecule has 1 N–H and O–H groups in total. The lowest BCUT2D eigenvalue weighted by molar-refractivity contribution is -0.115. The van der Waals surface area contributed by atoms with E-state index in [1.807, 2.05) is 0 Å². The van der Waals surface area contributed by atoms with Crippen LogP contribution in [0.4, 0.5) is 10.1 Å². The number of carbonyl (C=O) groups excluding carboxylic acids is 1. The SMILES string of the molecule is Cc1ccc(S(=O)(=O)N(C)C)cc1NC(=O)C(C)Sc1ccc(F)cc1. The van der Waals surface area contributed by atoms with E-state index in [2.05, 4.69) is 5.32 Å². The van der Waals surface area contributed by atoms with Gasteiger partial charge in [0.25, 0.3) is 0 Å². The van der Waals surface area contributed by atoms with Crippen LogP contribution in [-0.4, -0.2) is 38.0 Å². The zero-order chi connectivity index (χ0) is 19.5. The summed E-state index contributed by atoms with van der Waals surface area (Å²) >= 11 is 1.29. The van der Waals surface area contributed by atoms with Crippen molar-refractivity contribution in [3.8, 4) is 0 Å². The fourth-order valence-corrected chi connectivity index (χ4v) is 3.91. The highest BCUT2D eigenvalue weighted by atomic mass is 32.2. The molecular weight excluding hydrogens is 375 g/mol. The van der Waals surface area contributed by atoms with Gasteiger partial charge in [-0.25, -0.2) is 17.1 Å². The molecular formula is C18H21FN2O3S2. The van der Waals surface area contributed by atoms with Crippen LogP contribution in [0.3, 0.4) is 0 Å². The van der Waals surface area contributed by atoms with Crippen molar-refractivity contribution in [3.05, 3.63) is 53.8 Å². The number of aryl methyl sites for hydroxylation is 1. The molecule has 0 aromatic heterocycles. The highest BCUT2D eigenvalue weighted by molar-refractivity contribution is 8.00. The second-order valence-corrected chi connectivity index (χ2v) is 9.53. The van der Waals surface area contributed by atoms with Crippen LogP contribution >= 0.6 is 11.8 Å². The molecule has 140 valence electrons. The lowest BCUT2D eigenvalue weighted by Crippen LogP contribution is -2.24. The van der Waals surface area contributed by atoms with Crippen molar-refractivity contribution in [2.75, 3.05) is 19.4 Å². The van der Waals surface area contributed by atoms with Crippen molar-refractivity contribution >= 4 is 33.4 Å². The number of hydrogen-bond donors (Lipinski definition) is 1. The molecule has 0 saturated heterocycles. The van der Waals surface area contributed by atoms with Gasteiger partial charge >= 0.3 is 0 Å². The number of hydrogen-bond acceptors (Lipinski definition) is 4. The number of amides is 1. The van der Waals surface area contributed by atoms with Crippen LogP contribution in [-0.2, 0) is 14.8 Å². The Kier molecular flexibility index (Phi) is 6.44. The van der Waals surface area contributed by atoms with Crippen molar-refractivity contribution in [1.29, 1.82) is 0 Å². The third-order valence-electron chi connectivity index (χ3n) is 3.74. The first-order valence-corrected chi connectivity index (χ1v) is 10.2. The Hall–Kier alpha value is -1.90. The Balaban J connectivity index is 2.16. The van der Waals surface area contributed by atoms with Crippen molar-refractivity contribution in [2.24, 2.45) is 0 Å². The third kappa shape index (κ3) is 4.84. The van der Waals surface area contributed by atoms with Crippen LogP contribution < -0.4 is 5.32 Å². The van der Waals surface area contributed by atoms with Crippen LogP contribution in [0.5, 0.6) is 0 Å². The summed E-state index contributed by atoms with van der Waals surface area (Å²) < 4.78 is 38.6. The summed E-state index contributed by atoms with van der Waals surface area (Å²) in [7, 11) is -0.677. The predicted octanol–water partition coefficient (Wildman–Crippen LogP) is 3.50. The number of sulfonamides is 1. The van der Waals surface area contributed by atoms with Crippen molar-refractivity contribution in [1.82, 2.24) is 4.31 Å². The van der Waals surface area contributed by atoms with E-state index in [9.17, 15) is 17.6 Å². The first-order chi connectivity index (χ1) is 12.1. The number of benzene rings is 2. The van der Waals surface area contributed by atoms with E-state index in [0.29, 0.717) is 5.69 Å². The highest BCUT2D eigenvalue weighted by Crippen LogP contribution is 2.26. The summed E-state index contributed by atoms with van der Waals surface area (Å²) in [4.78, 5) is 13.4. The van der Waals surface area contributed by atoms with Gasteiger partial charge in [0.15, 0.2) is 0 Å². The molecule has 2 aromatic carbocycles. The quantitative estimate of drug-likeness (QED) is 0.759. The van der Waals surface area contributed by atoms with Gasteiger partial charge in [-0.1, -0.05) is 6.07 Å². The van der Waals surface area contributed by atoms with E-state index >= 15 is 0 Å². The van der Waals surface area contributed by atoms with E-state index in [1.165, 1.54) is 50.1 Å². The van der Waals surface area contributed by atoms with Gasteiger partial charge in [-0.2, -0.15) is 0 Å². The van der Waals surface area contributed by atoms with E-state index < -0.39 is 15.3 Å². The first-order valence-electron chi connectivity index (χ1n) is 7.87. The van der Waals surface area contributed by atoms with Gasteiger partial charge in [0, 0.05) is 24.7 Å². The molecule has 0 spiro atoms. The highest BCUT2D eigenvalue weighted by Gasteiger charge is 2.20. The largest absolute Gasteiger partial charge is 0.325 e. The van der Waals surface area contributed by atoms with Crippen molar-refractivity contribution < 1.29 is 17.6 Å². The average Bonchev–Trinajstić information content (AvgIpc) is 2.58. The second-order valence-electron chi connectivity index (χ2n) is 5.97. The zero-order valence-corrected chi connectivity index (χ0v) is 16.6. The van der Waals surface area contributed by atoms with E-state index in [0.717, 1.165) is 14.8 Å². The molecule has 1 atom stereocenters. The minimum absolute atomic E-state index is 0.113. The Labute approximate surface area is 157 Å². The normalized spacial score (nSPS) is 12.8. The van der Waals surface area contributed by atoms with Crippen LogP contribution in [0, 0.1) is 12.7 Å². The number of anilines is 1. The number of halogens is 1. The molecule has 26 heavy (non-hydrogen) atoms. The predicted molar refractivity (Wildman–Crippen MR) is 102 cm³/mol. The number of rotatable bonds is 6. The number of nitrogens with zero attached hydrogens (tertiary/aromatic N) is 1. The van der Waals surface area contributed by atoms with E-state index in [-0.39, 0.29) is 16.6 Å². The molecule has 0 saturated carbocycles. The Morgan fingerprint density at radius 3 is 2.35 bits per heavy atom. The Morgan fingerprint density at radius 2 is 1.77 bits per heavy atom. The van der Waals surface area contributed by atoms with Crippen LogP contribution in [0.15, 0.2) is 52.3 Å². The molecule has 0 heterocycles. The van der Waals surface area contributed by atoms with Gasteiger partial charge in [0.05, 0.1) is 10.1 Å². The molecule has 0 aliphatic carbocycles. The van der Waals surface area contributed by atoms with Crippen LogP contribution in [0.1, 0.15) is 12.5 Å². The van der Waals surface area contributed by atoms with Crippen LogP contribution in [0.25, 0.3) is 0 Å². The van der Waals surface area contributed by atoms with Gasteiger partial charge < -0.3 is 5.32 Å². The fraction of sp³-hybridized carbons (Fsp3) is 0.278. The van der Waals surface area contributed by atoms with Gasteiger partial charge in [-0.05, 0) is 55.8 Å². The molecule has 2 aromatic rings. The Morgan fingerprint density at radius 1 is 1.15 bits per heavy atom. The molecule has 1 unspecified atom stereocenters. The standard InChI is InChI=1S/C18H21FN2O3S2/c1-12-5-10-16(26(23,24)21(3)4)11-17(12)20-18(22)13(2)25-15-8-6-14(19)7-9-15/h5-11,13H,1-4H3,(H,20,22). The second kappa shape index (κ2) is 8.20. The van der Waals surface area contributed by atoms with Crippen LogP contribution in [0.2, 0.25) is 0 Å². The van der Waals surface area contributed by atoms with E-state index in [1.54, 1.807) is 32.0 Å². The maximum Gasteiger partial charge on any atom is 0.242 e. The summed E-state index contributed by atoms with van der Waals surface area (Å²) in [6.45, 7) is 3.53. The van der Waals surface area contributed by atoms with Crippen molar-refractivity contribution in [3.63, 3.8) is 0 Å². The summed E-state index contributed by atoms with van der Waals surface area (Å²) in [5, 5.41) is 2.34. The van der Waals surface area contributed by atoms with Gasteiger partial charge in [-0.15, -0.1) is 11.8 Å². The summed E-state index contributed by atoms with van der Waals surface area (Å²) in [6.07, 6.45) is 0. The third-order valence-corrected chi connectivity index (χ3v) is 6.66. The van der Waals surface area contributed by atoms with E-state index in [4.69, 9.17) is 0 Å². The minimum atomic E-state index is -3.58. The molecule has 2 rings (SSSR count). The maximum absolute atomic E-state index is 13.0. The molecule has 0 fully saturated rings. The fourth-order valence-electron chi connectivity index (χ4n) is 2.11. The maximum atomic E-state index is 13.0. The van der Waals surface area contributed by atoms with Gasteiger partial charge in [0.2, 0.25) is 15.9 Å². The summed E-state index contributed by atoms with van der Waals surface area (Å²) in [5.74, 6) is -0.595. The zero-order valence-electron chi connectivity index (χ0n) is 15.0. The summed E-state index contributed by atoms with van der Waals surface area (Å²) in [6, 6.07) is 10.5. The van der Waals surface area contributed by atoms with Gasteiger partial charge in [0.1, 0.15) is 5.82 Å². The number of thioether (sulfide) groups is 1.